The van der Waals surface area contributed by atoms with Gasteiger partial charge in [0.05, 0.1) is 23.6 Å². The maximum atomic E-state index is 12.7. The zero-order chi connectivity index (χ0) is 21.6. The van der Waals surface area contributed by atoms with Gasteiger partial charge < -0.3 is 9.88 Å². The number of nitrogens with one attached hydrogen (secondary N) is 2. The SMILES string of the molecule is CC(C)(C)n1ncc2c(=O)[nH]c(N3CCCC(c4ncc(-c5ccccc5)[nH]4)C3)nc21. The van der Waals surface area contributed by atoms with Gasteiger partial charge in [-0.3, -0.25) is 9.78 Å². The standard InChI is InChI=1S/C23H27N7O/c1-23(2,3)30-20-17(12-25-30)21(31)28-22(27-20)29-11-7-10-16(14-29)19-24-13-18(26-19)15-8-5-4-6-9-15/h4-6,8-9,12-13,16H,7,10-11,14H2,1-3H3,(H,24,26)(H,27,28,31). The highest BCUT2D eigenvalue weighted by Crippen LogP contribution is 2.29. The fourth-order valence-electron chi connectivity index (χ4n) is 4.25. The Balaban J connectivity index is 1.44. The Kier molecular flexibility index (Phi) is 4.64. The molecule has 8 nitrogen and oxygen atoms in total. The Morgan fingerprint density at radius 3 is 2.68 bits per heavy atom. The van der Waals surface area contributed by atoms with Crippen molar-refractivity contribution >= 4 is 17.0 Å². The summed E-state index contributed by atoms with van der Waals surface area (Å²) in [6.45, 7) is 7.76. The lowest BCUT2D eigenvalue weighted by atomic mass is 9.97. The quantitative estimate of drug-likeness (QED) is 0.530. The van der Waals surface area contributed by atoms with Gasteiger partial charge in [0.15, 0.2) is 5.65 Å². The monoisotopic (exact) mass is 417 g/mol. The van der Waals surface area contributed by atoms with Crippen LogP contribution in [0.25, 0.3) is 22.3 Å². The smallest absolute Gasteiger partial charge is 0.263 e. The number of hydrogen-bond donors (Lipinski definition) is 2. The van der Waals surface area contributed by atoms with Crippen molar-refractivity contribution in [2.75, 3.05) is 18.0 Å². The van der Waals surface area contributed by atoms with E-state index in [1.165, 1.54) is 0 Å². The number of nitrogens with zero attached hydrogens (tertiary/aromatic N) is 5. The fourth-order valence-corrected chi connectivity index (χ4v) is 4.25. The summed E-state index contributed by atoms with van der Waals surface area (Å²) in [4.78, 5) is 30.8. The molecule has 0 saturated carbocycles. The summed E-state index contributed by atoms with van der Waals surface area (Å²) in [6, 6.07) is 10.2. The molecule has 1 aromatic carbocycles. The lowest BCUT2D eigenvalue weighted by Crippen LogP contribution is -2.37. The average molecular weight is 418 g/mol. The number of anilines is 1. The molecule has 0 bridgehead atoms. The fraction of sp³-hybridized carbons (Fsp3) is 0.391. The van der Waals surface area contributed by atoms with Crippen molar-refractivity contribution in [3.05, 3.63) is 58.9 Å². The van der Waals surface area contributed by atoms with E-state index in [1.807, 2.05) is 29.1 Å². The first-order chi connectivity index (χ1) is 14.9. The molecule has 4 aromatic rings. The van der Waals surface area contributed by atoms with Crippen molar-refractivity contribution in [1.82, 2.24) is 29.7 Å². The van der Waals surface area contributed by atoms with Crippen molar-refractivity contribution in [3.63, 3.8) is 0 Å². The minimum absolute atomic E-state index is 0.151. The van der Waals surface area contributed by atoms with Crippen molar-refractivity contribution in [3.8, 4) is 11.3 Å². The van der Waals surface area contributed by atoms with E-state index in [0.29, 0.717) is 17.0 Å². The van der Waals surface area contributed by atoms with Crippen LogP contribution in [0.1, 0.15) is 45.4 Å². The normalized spacial score (nSPS) is 17.4. The van der Waals surface area contributed by atoms with Crippen LogP contribution in [0, 0.1) is 0 Å². The number of aromatic nitrogens is 6. The maximum Gasteiger partial charge on any atom is 0.263 e. The van der Waals surface area contributed by atoms with Crippen LogP contribution in [0.5, 0.6) is 0 Å². The highest BCUT2D eigenvalue weighted by Gasteiger charge is 2.27. The van der Waals surface area contributed by atoms with Gasteiger partial charge in [-0.25, -0.2) is 9.67 Å². The predicted octanol–water partition coefficient (Wildman–Crippen LogP) is 3.65. The Labute approximate surface area is 180 Å². The molecule has 2 N–H and O–H groups in total. The number of hydrogen-bond acceptors (Lipinski definition) is 5. The summed E-state index contributed by atoms with van der Waals surface area (Å²) < 4.78 is 1.82. The predicted molar refractivity (Wildman–Crippen MR) is 121 cm³/mol. The van der Waals surface area contributed by atoms with E-state index in [9.17, 15) is 4.79 Å². The number of aromatic amines is 2. The van der Waals surface area contributed by atoms with Gasteiger partial charge in [0.25, 0.3) is 5.56 Å². The van der Waals surface area contributed by atoms with E-state index in [-0.39, 0.29) is 17.0 Å². The van der Waals surface area contributed by atoms with Crippen LogP contribution in [0.15, 0.2) is 47.5 Å². The summed E-state index contributed by atoms with van der Waals surface area (Å²) >= 11 is 0. The van der Waals surface area contributed by atoms with Crippen LogP contribution >= 0.6 is 0 Å². The Bertz CT molecular complexity index is 1260. The Morgan fingerprint density at radius 1 is 1.10 bits per heavy atom. The number of fused-ring (bicyclic) bond motifs is 1. The van der Waals surface area contributed by atoms with Gasteiger partial charge in [0.2, 0.25) is 5.95 Å². The molecule has 5 rings (SSSR count). The molecule has 0 spiro atoms. The maximum absolute atomic E-state index is 12.7. The van der Waals surface area contributed by atoms with E-state index in [4.69, 9.17) is 4.98 Å². The molecule has 160 valence electrons. The molecule has 1 fully saturated rings. The van der Waals surface area contributed by atoms with Gasteiger partial charge in [0, 0.05) is 19.0 Å². The molecule has 1 aliphatic heterocycles. The molecule has 0 amide bonds. The number of rotatable bonds is 3. The molecular formula is C23H27N7O. The second kappa shape index (κ2) is 7.37. The molecule has 3 aromatic heterocycles. The van der Waals surface area contributed by atoms with Crippen molar-refractivity contribution < 1.29 is 0 Å². The van der Waals surface area contributed by atoms with Gasteiger partial charge in [-0.1, -0.05) is 30.3 Å². The van der Waals surface area contributed by atoms with Crippen molar-refractivity contribution in [2.24, 2.45) is 0 Å². The third-order valence-corrected chi connectivity index (χ3v) is 5.85. The first kappa shape index (κ1) is 19.5. The molecule has 1 atom stereocenters. The van der Waals surface area contributed by atoms with Crippen molar-refractivity contribution in [2.45, 2.75) is 45.1 Å². The van der Waals surface area contributed by atoms with Crippen LogP contribution in [-0.2, 0) is 5.54 Å². The minimum atomic E-state index is -0.258. The summed E-state index contributed by atoms with van der Waals surface area (Å²) in [7, 11) is 0. The number of imidazole rings is 1. The molecule has 1 aliphatic rings. The average Bonchev–Trinajstić information content (AvgIpc) is 3.42. The van der Waals surface area contributed by atoms with E-state index < -0.39 is 0 Å². The van der Waals surface area contributed by atoms with E-state index in [2.05, 4.69) is 57.9 Å². The van der Waals surface area contributed by atoms with Crippen molar-refractivity contribution in [1.29, 1.82) is 0 Å². The molecule has 4 heterocycles. The summed E-state index contributed by atoms with van der Waals surface area (Å²) in [5.74, 6) is 1.83. The lowest BCUT2D eigenvalue weighted by Gasteiger charge is -2.32. The molecule has 1 unspecified atom stereocenters. The Morgan fingerprint density at radius 2 is 1.90 bits per heavy atom. The van der Waals surface area contributed by atoms with Gasteiger partial charge >= 0.3 is 0 Å². The zero-order valence-electron chi connectivity index (χ0n) is 18.1. The molecule has 31 heavy (non-hydrogen) atoms. The van der Waals surface area contributed by atoms with E-state index >= 15 is 0 Å². The number of benzene rings is 1. The molecule has 1 saturated heterocycles. The number of H-pyrrole nitrogens is 2. The first-order valence-corrected chi connectivity index (χ1v) is 10.7. The largest absolute Gasteiger partial charge is 0.342 e. The van der Waals surface area contributed by atoms with Crippen LogP contribution in [0.4, 0.5) is 5.95 Å². The molecular weight excluding hydrogens is 390 g/mol. The minimum Gasteiger partial charge on any atom is -0.342 e. The molecule has 8 heteroatoms. The summed E-state index contributed by atoms with van der Waals surface area (Å²) in [5, 5.41) is 4.93. The summed E-state index contributed by atoms with van der Waals surface area (Å²) in [6.07, 6.45) is 5.55. The second-order valence-corrected chi connectivity index (χ2v) is 9.19. The number of piperidine rings is 1. The first-order valence-electron chi connectivity index (χ1n) is 10.7. The van der Waals surface area contributed by atoms with Crippen LogP contribution < -0.4 is 10.5 Å². The van der Waals surface area contributed by atoms with Crippen LogP contribution in [0.3, 0.4) is 0 Å². The van der Waals surface area contributed by atoms with Gasteiger partial charge in [-0.15, -0.1) is 0 Å². The van der Waals surface area contributed by atoms with Crippen LogP contribution in [0.2, 0.25) is 0 Å². The van der Waals surface area contributed by atoms with Gasteiger partial charge in [-0.2, -0.15) is 10.1 Å². The van der Waals surface area contributed by atoms with E-state index in [0.717, 1.165) is 43.0 Å². The topological polar surface area (TPSA) is 95.5 Å². The summed E-state index contributed by atoms with van der Waals surface area (Å²) in [5.41, 5.74) is 2.36. The second-order valence-electron chi connectivity index (χ2n) is 9.19. The zero-order valence-corrected chi connectivity index (χ0v) is 18.1. The lowest BCUT2D eigenvalue weighted by molar-refractivity contribution is 0.365. The van der Waals surface area contributed by atoms with Crippen LogP contribution in [-0.4, -0.2) is 42.8 Å². The third kappa shape index (κ3) is 3.62. The Hall–Kier alpha value is -3.42. The third-order valence-electron chi connectivity index (χ3n) is 5.85. The van der Waals surface area contributed by atoms with E-state index in [1.54, 1.807) is 6.20 Å². The highest BCUT2D eigenvalue weighted by atomic mass is 16.1. The van der Waals surface area contributed by atoms with Gasteiger partial charge in [-0.05, 0) is 39.2 Å². The van der Waals surface area contributed by atoms with Gasteiger partial charge in [0.1, 0.15) is 11.2 Å². The highest BCUT2D eigenvalue weighted by molar-refractivity contribution is 5.74. The molecule has 0 aliphatic carbocycles. The molecule has 0 radical (unpaired) electrons.